The third kappa shape index (κ3) is 20.6. The number of pyridine rings is 7. The van der Waals surface area contributed by atoms with Crippen molar-refractivity contribution in [2.75, 3.05) is 124 Å². The van der Waals surface area contributed by atoms with Gasteiger partial charge in [-0.2, -0.15) is 15.3 Å². The van der Waals surface area contributed by atoms with Gasteiger partial charge in [0.2, 0.25) is 0 Å². The second-order valence-corrected chi connectivity index (χ2v) is 38.8. The summed E-state index contributed by atoms with van der Waals surface area (Å²) >= 11 is 0. The minimum absolute atomic E-state index is 0.0447. The maximum absolute atomic E-state index is 13.0. The Balaban J connectivity index is 0.000000110. The molecule has 0 saturated carbocycles. The molecule has 24 rings (SSSR count). The normalized spacial score (nSPS) is 15.4. The van der Waals surface area contributed by atoms with Crippen molar-refractivity contribution in [3.8, 4) is 56.5 Å². The molecule has 1 aromatic carbocycles. The Morgan fingerprint density at radius 1 is 0.375 bits per heavy atom. The SMILES string of the molecule is CCN(CC)C1CCN(c2ccc3nc(-c4cc5c(C)nc(C)cn5n4)cc(=O)n3c2)CC1.CN1CC=C(c2ccc3nc(-c4ccc(N(C)C)nc4)cc(=O)n3c2)CC1.CN1CC=C(c2ccc3nc(-c4ccc5c(cnn5C)c4)cc(=O)n3c2)CC1.Cc1cn2cc(-c3cc(=O)n4cc(C5CCN(C)CC5)ccc4n3)ccc2n1.Cc1cn2nc(-c3cc(=O)n4cc(C5CCNCC5)ccc4n3)cc2c(C)n1. The standard InChI is InChI=1S/C25H31N7O.C22H23N5O.C22H21N5O.C21H22N6O.C21H23N5O/c1-5-29(6-2)19-9-11-30(12-10-19)20-7-8-24-27-21(14-25(33)31(24)16-20)22-13-23-18(4)26-17(3)15-32(23)28-22;1-15-12-26-13-18(4-5-20(26)23-15)19-11-22(28)27-14-17(3-6-21(27)24-19)16-7-9-25(2)10-8-16;1-25-9-7-15(8-10-25)17-4-6-21-24-19(12-22(28)27(21)14-17)16-3-5-20-18(11-16)13-23-26(20)2;1-13-11-27-19(14(2)23-13)9-18(25-27)17-10-21(28)26-12-16(3-4-20(26)24-17)15-5-7-22-8-6-15;1-24(2)19-6-4-16(13-22-19)18-12-21(27)26-14-17(5-7-20(26)23-18)15-8-10-25(3)11-9-15/h7-8,13-16,19H,5-6,9-12H2,1-4H3;3-6,11-14,16H,7-10H2,1-2H3;3-7,11-14H,8-10H2,1-2H3;3-4,9-12,15,22H,5-8H2,1-2H3;4-8,12-14H,9-11H2,1-3H3. The Labute approximate surface area is 832 Å². The van der Waals surface area contributed by atoms with Crippen molar-refractivity contribution in [2.45, 2.75) is 118 Å². The first-order valence-corrected chi connectivity index (χ1v) is 49.7. The molecule has 5 aliphatic heterocycles. The molecule has 0 aliphatic carbocycles. The smallest absolute Gasteiger partial charge is 0.258 e. The maximum atomic E-state index is 13.0. The number of hydrogen-bond donors (Lipinski definition) is 1. The highest BCUT2D eigenvalue weighted by atomic mass is 16.1. The molecule has 1 N–H and O–H groups in total. The molecule has 18 aromatic heterocycles. The van der Waals surface area contributed by atoms with E-state index in [1.54, 1.807) is 67.6 Å². The molecule has 0 bridgehead atoms. The van der Waals surface area contributed by atoms with Gasteiger partial charge in [0, 0.05) is 168 Å². The Hall–Kier alpha value is -15.6. The highest BCUT2D eigenvalue weighted by Gasteiger charge is 2.27. The van der Waals surface area contributed by atoms with Crippen LogP contribution in [0.2, 0.25) is 0 Å². The third-order valence-corrected chi connectivity index (χ3v) is 28.5. The lowest BCUT2D eigenvalue weighted by Crippen LogP contribution is -2.45. The average molecular weight is 1930 g/mol. The Morgan fingerprint density at radius 2 is 0.826 bits per heavy atom. The van der Waals surface area contributed by atoms with E-state index in [1.807, 2.05) is 217 Å². The van der Waals surface area contributed by atoms with E-state index in [9.17, 15) is 24.0 Å². The molecule has 5 aliphatic rings. The number of piperidine rings is 3. The summed E-state index contributed by atoms with van der Waals surface area (Å²) in [6, 6.07) is 46.4. The number of nitrogens with zero attached hydrogens (tertiary/aromatic N) is 27. The Morgan fingerprint density at radius 3 is 1.33 bits per heavy atom. The van der Waals surface area contributed by atoms with Crippen LogP contribution in [0.5, 0.6) is 0 Å². The van der Waals surface area contributed by atoms with Gasteiger partial charge < -0.3 is 39.1 Å². The van der Waals surface area contributed by atoms with E-state index in [0.29, 0.717) is 86.0 Å². The average Bonchev–Trinajstić information content (AvgIpc) is 1.31. The largest absolute Gasteiger partial charge is 0.370 e. The van der Waals surface area contributed by atoms with Gasteiger partial charge in [0.15, 0.2) is 0 Å². The molecule has 0 spiro atoms. The van der Waals surface area contributed by atoms with E-state index in [-0.39, 0.29) is 27.8 Å². The summed E-state index contributed by atoms with van der Waals surface area (Å²) in [5.41, 5.74) is 26.7. The second-order valence-electron chi connectivity index (χ2n) is 38.8. The van der Waals surface area contributed by atoms with Crippen LogP contribution in [0.15, 0.2) is 250 Å². The van der Waals surface area contributed by atoms with Crippen LogP contribution in [0, 0.1) is 34.6 Å². The summed E-state index contributed by atoms with van der Waals surface area (Å²) < 4.78 is 15.6. The molecule has 0 atom stereocenters. The topological polar surface area (TPSA) is 312 Å². The zero-order chi connectivity index (χ0) is 99.8. The van der Waals surface area contributed by atoms with Crippen molar-refractivity contribution < 1.29 is 0 Å². The van der Waals surface area contributed by atoms with Crippen LogP contribution in [-0.2, 0) is 7.05 Å². The minimum atomic E-state index is -0.0991. The van der Waals surface area contributed by atoms with Crippen molar-refractivity contribution in [1.82, 2.24) is 125 Å². The number of benzene rings is 1. The van der Waals surface area contributed by atoms with Crippen LogP contribution < -0.4 is 42.9 Å². The summed E-state index contributed by atoms with van der Waals surface area (Å²) in [4.78, 5) is 119. The molecule has 734 valence electrons. The zero-order valence-electron chi connectivity index (χ0n) is 83.9. The van der Waals surface area contributed by atoms with Gasteiger partial charge >= 0.3 is 0 Å². The molecule has 0 radical (unpaired) electrons. The number of likely N-dealkylation sites (N-methyl/N-ethyl adjacent to an activating group) is 2. The first-order chi connectivity index (χ1) is 69.7. The summed E-state index contributed by atoms with van der Waals surface area (Å²) in [7, 11) is 12.2. The summed E-state index contributed by atoms with van der Waals surface area (Å²) in [6.07, 6.45) is 34.2. The number of rotatable bonds is 14. The van der Waals surface area contributed by atoms with Gasteiger partial charge in [0.05, 0.1) is 97.8 Å². The molecule has 0 amide bonds. The lowest BCUT2D eigenvalue weighted by Gasteiger charge is -2.38. The van der Waals surface area contributed by atoms with Gasteiger partial charge in [0.25, 0.3) is 27.8 Å². The fraction of sp³-hybridized carbons (Fsp3) is 0.324. The molecule has 33 heteroatoms. The first kappa shape index (κ1) is 96.0. The van der Waals surface area contributed by atoms with Crippen LogP contribution in [-0.4, -0.2) is 240 Å². The van der Waals surface area contributed by atoms with Crippen LogP contribution in [0.3, 0.4) is 0 Å². The van der Waals surface area contributed by atoms with Crippen molar-refractivity contribution in [1.29, 1.82) is 0 Å². The summed E-state index contributed by atoms with van der Waals surface area (Å²) in [5, 5.41) is 17.9. The molecular formula is C111H120N28O5. The van der Waals surface area contributed by atoms with Gasteiger partial charge in [-0.1, -0.05) is 44.2 Å². The monoisotopic (exact) mass is 1920 g/mol. The van der Waals surface area contributed by atoms with E-state index in [2.05, 4.69) is 148 Å². The van der Waals surface area contributed by atoms with E-state index < -0.39 is 0 Å². The van der Waals surface area contributed by atoms with E-state index in [4.69, 9.17) is 19.9 Å². The number of aromatic nitrogens is 21. The lowest BCUT2D eigenvalue weighted by atomic mass is 9.91. The highest BCUT2D eigenvalue weighted by molar-refractivity contribution is 5.84. The molecule has 23 heterocycles. The highest BCUT2D eigenvalue weighted by Crippen LogP contribution is 2.34. The number of nitrogens with one attached hydrogen (secondary N) is 1. The van der Waals surface area contributed by atoms with Crippen molar-refractivity contribution in [2.24, 2.45) is 7.05 Å². The van der Waals surface area contributed by atoms with Gasteiger partial charge in [0.1, 0.15) is 51.1 Å². The Kier molecular flexibility index (Phi) is 27.4. The fourth-order valence-corrected chi connectivity index (χ4v) is 20.3. The van der Waals surface area contributed by atoms with Crippen molar-refractivity contribution in [3.63, 3.8) is 0 Å². The third-order valence-electron chi connectivity index (χ3n) is 28.5. The zero-order valence-corrected chi connectivity index (χ0v) is 83.9. The molecule has 144 heavy (non-hydrogen) atoms. The second kappa shape index (κ2) is 41.2. The molecule has 3 saturated heterocycles. The van der Waals surface area contributed by atoms with Gasteiger partial charge in [-0.05, 0) is 289 Å². The number of likely N-dealkylation sites (tertiary alicyclic amines) is 1. The van der Waals surface area contributed by atoms with Crippen molar-refractivity contribution in [3.05, 3.63) is 328 Å². The van der Waals surface area contributed by atoms with Crippen LogP contribution >= 0.6 is 0 Å². The van der Waals surface area contributed by atoms with E-state index >= 15 is 0 Å². The quantitative estimate of drug-likeness (QED) is 0.106. The minimum Gasteiger partial charge on any atom is -0.370 e. The number of aryl methyl sites for hydroxylation is 6. The number of anilines is 2. The van der Waals surface area contributed by atoms with Crippen LogP contribution in [0.25, 0.3) is 124 Å². The van der Waals surface area contributed by atoms with Crippen LogP contribution in [0.1, 0.15) is 128 Å². The Bertz CT molecular complexity index is 8480. The first-order valence-electron chi connectivity index (χ1n) is 49.7. The molecule has 3 fully saturated rings. The van der Waals surface area contributed by atoms with Crippen LogP contribution in [0.4, 0.5) is 11.5 Å². The summed E-state index contributed by atoms with van der Waals surface area (Å²) in [6.45, 7) is 26.6. The van der Waals surface area contributed by atoms with E-state index in [1.165, 1.54) is 22.3 Å². The molecule has 33 nitrogen and oxygen atoms in total. The van der Waals surface area contributed by atoms with Gasteiger partial charge in [-0.15, -0.1) is 0 Å². The summed E-state index contributed by atoms with van der Waals surface area (Å²) in [5.74, 6) is 1.88. The van der Waals surface area contributed by atoms with Crippen molar-refractivity contribution >= 4 is 78.5 Å². The number of fused-ring (bicyclic) bond motifs is 9. The molecular weight excluding hydrogens is 1810 g/mol. The van der Waals surface area contributed by atoms with Gasteiger partial charge in [-0.3, -0.25) is 60.6 Å². The lowest BCUT2D eigenvalue weighted by molar-refractivity contribution is 0.186. The predicted molar refractivity (Wildman–Crippen MR) is 569 cm³/mol. The number of hydrogen-bond acceptors (Lipinski definition) is 24. The molecule has 19 aromatic rings. The predicted octanol–water partition coefficient (Wildman–Crippen LogP) is 14.5. The van der Waals surface area contributed by atoms with E-state index in [0.717, 1.165) is 225 Å². The van der Waals surface area contributed by atoms with Gasteiger partial charge in [-0.25, -0.2) is 43.9 Å². The molecule has 0 unspecified atom stereocenters. The maximum Gasteiger partial charge on any atom is 0.258 e. The fourth-order valence-electron chi connectivity index (χ4n) is 20.3. The number of imidazole rings is 1.